The number of anilines is 1. The number of furan rings is 1. The van der Waals surface area contributed by atoms with Crippen molar-refractivity contribution in [1.82, 2.24) is 0 Å². The van der Waals surface area contributed by atoms with E-state index in [0.29, 0.717) is 31.6 Å². The molecule has 0 radical (unpaired) electrons. The van der Waals surface area contributed by atoms with E-state index in [1.165, 1.54) is 13.2 Å². The first-order valence-corrected chi connectivity index (χ1v) is 9.78. The highest BCUT2D eigenvalue weighted by molar-refractivity contribution is 7.18. The molecule has 0 atom stereocenters. The van der Waals surface area contributed by atoms with Crippen LogP contribution in [0.1, 0.15) is 45.0 Å². The number of benzene rings is 1. The van der Waals surface area contributed by atoms with Crippen LogP contribution < -0.4 is 5.32 Å². The smallest absolute Gasteiger partial charge is 0.341 e. The number of ketones is 1. The van der Waals surface area contributed by atoms with Gasteiger partial charge in [0.15, 0.2) is 5.78 Å². The van der Waals surface area contributed by atoms with Crippen molar-refractivity contribution in [2.45, 2.75) is 27.2 Å². The van der Waals surface area contributed by atoms with E-state index < -0.39 is 5.97 Å². The van der Waals surface area contributed by atoms with Gasteiger partial charge >= 0.3 is 5.97 Å². The first kappa shape index (κ1) is 20.1. The number of hydrogen-bond donors (Lipinski definition) is 1. The van der Waals surface area contributed by atoms with Crippen LogP contribution in [-0.2, 0) is 16.0 Å². The summed E-state index contributed by atoms with van der Waals surface area (Å²) in [5.74, 6) is -1.09. The molecule has 6 nitrogen and oxygen atoms in total. The molecule has 2 aromatic heterocycles. The number of fused-ring (bicyclic) bond motifs is 1. The zero-order chi connectivity index (χ0) is 20.4. The third-order valence-corrected chi connectivity index (χ3v) is 5.71. The second kappa shape index (κ2) is 8.16. The maximum atomic E-state index is 12.6. The van der Waals surface area contributed by atoms with Crippen LogP contribution in [0.3, 0.4) is 0 Å². The highest BCUT2D eigenvalue weighted by atomic mass is 35.5. The van der Waals surface area contributed by atoms with E-state index in [-0.39, 0.29) is 30.3 Å². The van der Waals surface area contributed by atoms with Gasteiger partial charge in [-0.2, -0.15) is 0 Å². The summed E-state index contributed by atoms with van der Waals surface area (Å²) in [6, 6.07) is 5.18. The van der Waals surface area contributed by atoms with Gasteiger partial charge in [0.05, 0.1) is 29.7 Å². The van der Waals surface area contributed by atoms with Crippen molar-refractivity contribution in [3.63, 3.8) is 0 Å². The number of halogens is 1. The summed E-state index contributed by atoms with van der Waals surface area (Å²) in [6.45, 7) is 4.97. The molecule has 0 aliphatic heterocycles. The van der Waals surface area contributed by atoms with Crippen LogP contribution in [0.2, 0.25) is 5.02 Å². The van der Waals surface area contributed by atoms with E-state index in [4.69, 9.17) is 20.8 Å². The second-order valence-corrected chi connectivity index (χ2v) is 7.62. The molecular formula is C20H18ClNO5S. The van der Waals surface area contributed by atoms with Crippen molar-refractivity contribution >= 4 is 56.6 Å². The highest BCUT2D eigenvalue weighted by Gasteiger charge is 2.25. The van der Waals surface area contributed by atoms with Crippen LogP contribution >= 0.6 is 22.9 Å². The highest BCUT2D eigenvalue weighted by Crippen LogP contribution is 2.34. The summed E-state index contributed by atoms with van der Waals surface area (Å²) in [7, 11) is 0. The summed E-state index contributed by atoms with van der Waals surface area (Å²) in [5.41, 5.74) is 2.02. The fourth-order valence-electron chi connectivity index (χ4n) is 2.92. The lowest BCUT2D eigenvalue weighted by Gasteiger charge is -2.07. The molecule has 146 valence electrons. The van der Waals surface area contributed by atoms with Gasteiger partial charge in [0.25, 0.3) is 0 Å². The lowest BCUT2D eigenvalue weighted by atomic mass is 10.1. The van der Waals surface area contributed by atoms with Crippen LogP contribution in [-0.4, -0.2) is 24.3 Å². The molecule has 3 rings (SSSR count). The number of amides is 1. The maximum absolute atomic E-state index is 12.6. The van der Waals surface area contributed by atoms with Gasteiger partial charge in [0.1, 0.15) is 10.6 Å². The first-order valence-electron chi connectivity index (χ1n) is 8.58. The van der Waals surface area contributed by atoms with Gasteiger partial charge in [0, 0.05) is 16.0 Å². The molecule has 2 heterocycles. The van der Waals surface area contributed by atoms with Crippen molar-refractivity contribution in [3.05, 3.63) is 51.1 Å². The van der Waals surface area contributed by atoms with E-state index >= 15 is 0 Å². The predicted octanol–water partition coefficient (Wildman–Crippen LogP) is 5.02. The van der Waals surface area contributed by atoms with Crippen molar-refractivity contribution in [3.8, 4) is 0 Å². The molecule has 3 aromatic rings. The fourth-order valence-corrected chi connectivity index (χ4v) is 4.20. The molecule has 1 N–H and O–H groups in total. The van der Waals surface area contributed by atoms with Gasteiger partial charge in [-0.05, 0) is 44.5 Å². The number of ether oxygens (including phenoxy) is 1. The van der Waals surface area contributed by atoms with Crippen LogP contribution in [0.5, 0.6) is 0 Å². The maximum Gasteiger partial charge on any atom is 0.341 e. The van der Waals surface area contributed by atoms with Crippen molar-refractivity contribution in [2.75, 3.05) is 11.9 Å². The molecule has 1 amide bonds. The van der Waals surface area contributed by atoms with Gasteiger partial charge in [-0.25, -0.2) is 4.79 Å². The lowest BCUT2D eigenvalue weighted by Crippen LogP contribution is -2.16. The topological polar surface area (TPSA) is 85.6 Å². The molecular weight excluding hydrogens is 402 g/mol. The van der Waals surface area contributed by atoms with Gasteiger partial charge in [-0.1, -0.05) is 11.6 Å². The van der Waals surface area contributed by atoms with Gasteiger partial charge in [-0.15, -0.1) is 11.3 Å². The summed E-state index contributed by atoms with van der Waals surface area (Å²) in [5, 5.41) is 4.33. The SMILES string of the molecule is CCOC(=O)c1c(NC(=O)Cc2coc3ccc(Cl)cc23)sc(C(C)=O)c1C. The second-order valence-electron chi connectivity index (χ2n) is 6.16. The minimum absolute atomic E-state index is 0.0297. The summed E-state index contributed by atoms with van der Waals surface area (Å²) in [4.78, 5) is 37.2. The molecule has 0 fully saturated rings. The molecule has 0 aliphatic rings. The number of carbonyl (C=O) groups excluding carboxylic acids is 3. The molecule has 0 aliphatic carbocycles. The third-order valence-electron chi connectivity index (χ3n) is 4.17. The zero-order valence-corrected chi connectivity index (χ0v) is 17.1. The Kier molecular flexibility index (Phi) is 5.86. The molecule has 28 heavy (non-hydrogen) atoms. The molecule has 0 bridgehead atoms. The number of esters is 1. The van der Waals surface area contributed by atoms with Crippen LogP contribution in [0, 0.1) is 6.92 Å². The quantitative estimate of drug-likeness (QED) is 0.448. The van der Waals surface area contributed by atoms with Gasteiger partial charge in [-0.3, -0.25) is 9.59 Å². The Labute approximate surface area is 170 Å². The van der Waals surface area contributed by atoms with Crippen molar-refractivity contribution < 1.29 is 23.5 Å². The van der Waals surface area contributed by atoms with Crippen LogP contribution in [0.4, 0.5) is 5.00 Å². The Bertz CT molecular complexity index is 1080. The average Bonchev–Trinajstić information content (AvgIpc) is 3.16. The average molecular weight is 420 g/mol. The number of rotatable bonds is 6. The first-order chi connectivity index (χ1) is 13.3. The fraction of sp³-hybridized carbons (Fsp3) is 0.250. The number of Topliss-reactive ketones (excluding diaryl/α,β-unsaturated/α-hetero) is 1. The zero-order valence-electron chi connectivity index (χ0n) is 15.6. The third kappa shape index (κ3) is 3.95. The Hall–Kier alpha value is -2.64. The minimum atomic E-state index is -0.570. The van der Waals surface area contributed by atoms with E-state index in [1.807, 2.05) is 0 Å². The molecule has 8 heteroatoms. The predicted molar refractivity (Wildman–Crippen MR) is 109 cm³/mol. The number of nitrogens with one attached hydrogen (secondary N) is 1. The number of carbonyl (C=O) groups is 3. The molecule has 1 aromatic carbocycles. The van der Waals surface area contributed by atoms with Gasteiger partial charge in [0.2, 0.25) is 5.91 Å². The summed E-state index contributed by atoms with van der Waals surface area (Å²) < 4.78 is 10.5. The Morgan fingerprint density at radius 2 is 2.04 bits per heavy atom. The Balaban J connectivity index is 1.88. The Morgan fingerprint density at radius 3 is 2.71 bits per heavy atom. The molecule has 0 saturated heterocycles. The van der Waals surface area contributed by atoms with Crippen molar-refractivity contribution in [2.24, 2.45) is 0 Å². The van der Waals surface area contributed by atoms with E-state index in [1.54, 1.807) is 32.0 Å². The normalized spacial score (nSPS) is 10.9. The molecule has 0 saturated carbocycles. The van der Waals surface area contributed by atoms with Gasteiger partial charge < -0.3 is 14.5 Å². The lowest BCUT2D eigenvalue weighted by molar-refractivity contribution is -0.115. The largest absolute Gasteiger partial charge is 0.464 e. The summed E-state index contributed by atoms with van der Waals surface area (Å²) in [6.07, 6.45) is 1.54. The number of hydrogen-bond acceptors (Lipinski definition) is 6. The molecule has 0 unspecified atom stereocenters. The number of thiophene rings is 1. The van der Waals surface area contributed by atoms with E-state index in [0.717, 1.165) is 16.7 Å². The standard InChI is InChI=1S/C20H18ClNO5S/c1-4-26-20(25)17-10(2)18(11(3)23)28-19(17)22-16(24)7-12-9-27-15-6-5-13(21)8-14(12)15/h5-6,8-9H,4,7H2,1-3H3,(H,22,24). The monoisotopic (exact) mass is 419 g/mol. The summed E-state index contributed by atoms with van der Waals surface area (Å²) >= 11 is 7.09. The van der Waals surface area contributed by atoms with E-state index in [9.17, 15) is 14.4 Å². The van der Waals surface area contributed by atoms with Crippen LogP contribution in [0.25, 0.3) is 11.0 Å². The van der Waals surface area contributed by atoms with Crippen molar-refractivity contribution in [1.29, 1.82) is 0 Å². The molecule has 0 spiro atoms. The van der Waals surface area contributed by atoms with E-state index in [2.05, 4.69) is 5.32 Å². The minimum Gasteiger partial charge on any atom is -0.464 e. The Morgan fingerprint density at radius 1 is 1.29 bits per heavy atom. The van der Waals surface area contributed by atoms with Crippen LogP contribution in [0.15, 0.2) is 28.9 Å².